The molecule has 2 saturated heterocycles. The number of carbonyl (C=O) groups is 2. The first-order valence-corrected chi connectivity index (χ1v) is 10.5. The Morgan fingerprint density at radius 3 is 2.44 bits per heavy atom. The van der Waals surface area contributed by atoms with Crippen LogP contribution >= 0.6 is 23.4 Å². The van der Waals surface area contributed by atoms with E-state index in [9.17, 15) is 18.0 Å². The van der Waals surface area contributed by atoms with Gasteiger partial charge in [0.25, 0.3) is 5.24 Å². The molecule has 0 atom stereocenters. The predicted molar refractivity (Wildman–Crippen MR) is 94.5 cm³/mol. The number of sulfonamides is 1. The Bertz CT molecular complexity index is 790. The lowest BCUT2D eigenvalue weighted by molar-refractivity contribution is -0.126. The summed E-state index contributed by atoms with van der Waals surface area (Å²) < 4.78 is 31.9. The SMILES string of the molecule is COc1ccc(S(=O)(=O)N2CCC(N3C(=O)CSC3=O)CC2)cc1Cl. The number of hydrogen-bond acceptors (Lipinski definition) is 6. The van der Waals surface area contributed by atoms with E-state index in [1.54, 1.807) is 0 Å². The molecule has 1 aromatic rings. The number of hydrogen-bond donors (Lipinski definition) is 0. The summed E-state index contributed by atoms with van der Waals surface area (Å²) in [5.41, 5.74) is 0. The summed E-state index contributed by atoms with van der Waals surface area (Å²) in [6.07, 6.45) is 0.863. The van der Waals surface area contributed by atoms with Crippen LogP contribution in [0.15, 0.2) is 23.1 Å². The van der Waals surface area contributed by atoms with Gasteiger partial charge in [0.1, 0.15) is 5.75 Å². The van der Waals surface area contributed by atoms with E-state index in [4.69, 9.17) is 16.3 Å². The second-order valence-electron chi connectivity index (χ2n) is 5.75. The summed E-state index contributed by atoms with van der Waals surface area (Å²) in [7, 11) is -2.23. The number of amides is 2. The van der Waals surface area contributed by atoms with Crippen molar-refractivity contribution in [2.45, 2.75) is 23.8 Å². The molecule has 0 unspecified atom stereocenters. The van der Waals surface area contributed by atoms with Gasteiger partial charge in [-0.15, -0.1) is 0 Å². The molecule has 2 aliphatic rings. The molecule has 1 aromatic carbocycles. The fraction of sp³-hybridized carbons (Fsp3) is 0.467. The minimum absolute atomic E-state index is 0.0978. The zero-order chi connectivity index (χ0) is 18.2. The normalized spacial score (nSPS) is 20.3. The Labute approximate surface area is 155 Å². The van der Waals surface area contributed by atoms with E-state index < -0.39 is 10.0 Å². The van der Waals surface area contributed by atoms with E-state index in [1.807, 2.05) is 0 Å². The Balaban J connectivity index is 1.72. The lowest BCUT2D eigenvalue weighted by Gasteiger charge is -2.34. The number of carbonyl (C=O) groups excluding carboxylic acids is 2. The molecule has 10 heteroatoms. The molecule has 2 aliphatic heterocycles. The van der Waals surface area contributed by atoms with Crippen molar-refractivity contribution in [3.8, 4) is 5.75 Å². The maximum atomic E-state index is 12.8. The van der Waals surface area contributed by atoms with Gasteiger partial charge in [0.15, 0.2) is 0 Å². The highest BCUT2D eigenvalue weighted by Gasteiger charge is 2.39. The van der Waals surface area contributed by atoms with Crippen LogP contribution in [-0.2, 0) is 14.8 Å². The number of halogens is 1. The van der Waals surface area contributed by atoms with Crippen LogP contribution in [0.25, 0.3) is 0 Å². The van der Waals surface area contributed by atoms with E-state index in [-0.39, 0.29) is 45.9 Å². The van der Waals surface area contributed by atoms with E-state index >= 15 is 0 Å². The van der Waals surface area contributed by atoms with Crippen molar-refractivity contribution in [2.75, 3.05) is 26.0 Å². The maximum absolute atomic E-state index is 12.8. The average Bonchev–Trinajstić information content (AvgIpc) is 2.93. The smallest absolute Gasteiger partial charge is 0.289 e. The third-order valence-corrected chi connectivity index (χ3v) is 7.36. The molecule has 0 aliphatic carbocycles. The summed E-state index contributed by atoms with van der Waals surface area (Å²) in [5.74, 6) is 0.378. The van der Waals surface area contributed by atoms with Gasteiger partial charge in [-0.2, -0.15) is 4.31 Å². The van der Waals surface area contributed by atoms with Crippen molar-refractivity contribution in [2.24, 2.45) is 0 Å². The second-order valence-corrected chi connectivity index (χ2v) is 9.02. The van der Waals surface area contributed by atoms with Crippen molar-refractivity contribution in [3.05, 3.63) is 23.2 Å². The molecule has 0 N–H and O–H groups in total. The Morgan fingerprint density at radius 2 is 1.92 bits per heavy atom. The molecule has 2 heterocycles. The molecule has 7 nitrogen and oxygen atoms in total. The Kier molecular flexibility index (Phi) is 5.29. The van der Waals surface area contributed by atoms with Gasteiger partial charge in [-0.25, -0.2) is 8.42 Å². The fourth-order valence-electron chi connectivity index (χ4n) is 3.01. The van der Waals surface area contributed by atoms with Crippen molar-refractivity contribution in [3.63, 3.8) is 0 Å². The van der Waals surface area contributed by atoms with Gasteiger partial charge in [0.05, 0.1) is 22.8 Å². The summed E-state index contributed by atoms with van der Waals surface area (Å²) in [4.78, 5) is 25.0. The number of benzene rings is 1. The molecule has 136 valence electrons. The van der Waals surface area contributed by atoms with Gasteiger partial charge in [0, 0.05) is 19.1 Å². The summed E-state index contributed by atoms with van der Waals surface area (Å²) in [6.45, 7) is 0.497. The standard InChI is InChI=1S/C15H17ClN2O5S2/c1-23-13-3-2-11(8-12(13)16)25(21,22)17-6-4-10(5-7-17)18-14(19)9-24-15(18)20/h2-3,8,10H,4-7,9H2,1H3. The number of imide groups is 1. The predicted octanol–water partition coefficient (Wildman–Crippen LogP) is 2.20. The van der Waals surface area contributed by atoms with Crippen LogP contribution in [0.1, 0.15) is 12.8 Å². The Hall–Kier alpha value is -1.29. The quantitative estimate of drug-likeness (QED) is 0.764. The van der Waals surface area contributed by atoms with Crippen molar-refractivity contribution < 1.29 is 22.7 Å². The highest BCUT2D eigenvalue weighted by atomic mass is 35.5. The molecular formula is C15H17ClN2O5S2. The number of methoxy groups -OCH3 is 1. The zero-order valence-corrected chi connectivity index (χ0v) is 15.9. The van der Waals surface area contributed by atoms with Crippen molar-refractivity contribution in [1.29, 1.82) is 0 Å². The van der Waals surface area contributed by atoms with Crippen LogP contribution in [0.3, 0.4) is 0 Å². The van der Waals surface area contributed by atoms with Crippen LogP contribution < -0.4 is 4.74 Å². The van der Waals surface area contributed by atoms with Gasteiger partial charge in [-0.05, 0) is 31.0 Å². The van der Waals surface area contributed by atoms with Crippen molar-refractivity contribution in [1.82, 2.24) is 9.21 Å². The van der Waals surface area contributed by atoms with Gasteiger partial charge >= 0.3 is 0 Å². The van der Waals surface area contributed by atoms with Crippen LogP contribution in [0.4, 0.5) is 4.79 Å². The molecule has 0 radical (unpaired) electrons. The second kappa shape index (κ2) is 7.14. The number of rotatable bonds is 4. The fourth-order valence-corrected chi connectivity index (χ4v) is 5.61. The minimum atomic E-state index is -3.68. The van der Waals surface area contributed by atoms with E-state index in [0.717, 1.165) is 11.8 Å². The molecule has 0 spiro atoms. The van der Waals surface area contributed by atoms with Gasteiger partial charge < -0.3 is 4.74 Å². The van der Waals surface area contributed by atoms with E-state index in [1.165, 1.54) is 34.5 Å². The van der Waals surface area contributed by atoms with Gasteiger partial charge in [-0.1, -0.05) is 23.4 Å². The zero-order valence-electron chi connectivity index (χ0n) is 13.5. The molecule has 0 saturated carbocycles. The summed E-state index contributed by atoms with van der Waals surface area (Å²) >= 11 is 7.02. The average molecular weight is 405 g/mol. The molecular weight excluding hydrogens is 388 g/mol. The van der Waals surface area contributed by atoms with E-state index in [0.29, 0.717) is 18.6 Å². The van der Waals surface area contributed by atoms with Crippen LogP contribution in [0.5, 0.6) is 5.75 Å². The molecule has 2 fully saturated rings. The molecule has 25 heavy (non-hydrogen) atoms. The van der Waals surface area contributed by atoms with Crippen molar-refractivity contribution >= 4 is 44.5 Å². The maximum Gasteiger partial charge on any atom is 0.289 e. The molecule has 0 aromatic heterocycles. The van der Waals surface area contributed by atoms with Gasteiger partial charge in [0.2, 0.25) is 15.9 Å². The number of ether oxygens (including phenoxy) is 1. The first-order chi connectivity index (χ1) is 11.8. The third kappa shape index (κ3) is 3.51. The largest absolute Gasteiger partial charge is 0.495 e. The highest BCUT2D eigenvalue weighted by molar-refractivity contribution is 8.14. The van der Waals surface area contributed by atoms with Crippen LogP contribution in [0.2, 0.25) is 5.02 Å². The number of piperidine rings is 1. The first-order valence-electron chi connectivity index (χ1n) is 7.67. The molecule has 2 amide bonds. The first kappa shape index (κ1) is 18.5. The van der Waals surface area contributed by atoms with Gasteiger partial charge in [-0.3, -0.25) is 14.5 Å². The lowest BCUT2D eigenvalue weighted by Crippen LogP contribution is -2.48. The summed E-state index contributed by atoms with van der Waals surface area (Å²) in [6, 6.07) is 4.10. The van der Waals surface area contributed by atoms with Crippen LogP contribution in [0, 0.1) is 0 Å². The highest BCUT2D eigenvalue weighted by Crippen LogP contribution is 2.31. The minimum Gasteiger partial charge on any atom is -0.495 e. The Morgan fingerprint density at radius 1 is 1.24 bits per heavy atom. The topological polar surface area (TPSA) is 84.0 Å². The number of nitrogens with zero attached hydrogens (tertiary/aromatic N) is 2. The van der Waals surface area contributed by atoms with E-state index in [2.05, 4.69) is 0 Å². The molecule has 0 bridgehead atoms. The number of thioether (sulfide) groups is 1. The third-order valence-electron chi connectivity index (χ3n) is 4.33. The summed E-state index contributed by atoms with van der Waals surface area (Å²) in [5, 5.41) is -0.0167. The lowest BCUT2D eigenvalue weighted by atomic mass is 10.1. The van der Waals surface area contributed by atoms with Crippen LogP contribution in [-0.4, -0.2) is 60.8 Å². The monoisotopic (exact) mass is 404 g/mol. The molecule has 3 rings (SSSR count).